The molecule has 1 aliphatic heterocycles. The van der Waals surface area contributed by atoms with Crippen molar-refractivity contribution in [2.45, 2.75) is 39.5 Å². The third-order valence-corrected chi connectivity index (χ3v) is 3.19. The Morgan fingerprint density at radius 2 is 2.18 bits per heavy atom. The lowest BCUT2D eigenvalue weighted by Crippen LogP contribution is -2.29. The molecule has 1 rings (SSSR count). The molecular weight excluding hydrogens is 218 g/mol. The fraction of sp³-hybridized carbons (Fsp3) is 0.692. The van der Waals surface area contributed by atoms with Gasteiger partial charge in [0.25, 0.3) is 0 Å². The number of likely N-dealkylation sites (tertiary alicyclic amines) is 1. The van der Waals surface area contributed by atoms with Gasteiger partial charge in [0.1, 0.15) is 0 Å². The Morgan fingerprint density at radius 1 is 1.47 bits per heavy atom. The van der Waals surface area contributed by atoms with Gasteiger partial charge in [0.05, 0.1) is 0 Å². The van der Waals surface area contributed by atoms with Crippen molar-refractivity contribution in [2.75, 3.05) is 13.1 Å². The quantitative estimate of drug-likeness (QED) is 0.747. The van der Waals surface area contributed by atoms with Crippen LogP contribution < -0.4 is 0 Å². The fourth-order valence-corrected chi connectivity index (χ4v) is 2.22. The predicted octanol–water partition coefficient (Wildman–Crippen LogP) is 2.06. The lowest BCUT2D eigenvalue weighted by Gasteiger charge is -2.16. The van der Waals surface area contributed by atoms with Crippen molar-refractivity contribution in [3.8, 4) is 0 Å². The van der Waals surface area contributed by atoms with Gasteiger partial charge in [0.15, 0.2) is 0 Å². The molecule has 0 saturated carbocycles. The minimum atomic E-state index is -0.753. The molecule has 17 heavy (non-hydrogen) atoms. The van der Waals surface area contributed by atoms with E-state index < -0.39 is 5.97 Å². The standard InChI is InChI=1S/C13H21NO3/c1-3-4-10(2)13(17)14-8-7-11(9-14)5-6-12(15)16/h4,11H,3,5-9H2,1-2H3,(H,15,16)/b10-4-. The van der Waals surface area contributed by atoms with Crippen LogP contribution in [0.15, 0.2) is 11.6 Å². The minimum absolute atomic E-state index is 0.102. The van der Waals surface area contributed by atoms with Gasteiger partial charge in [-0.3, -0.25) is 9.59 Å². The maximum atomic E-state index is 12.0. The van der Waals surface area contributed by atoms with Gasteiger partial charge in [-0.15, -0.1) is 0 Å². The Kier molecular flexibility index (Phi) is 5.19. The monoisotopic (exact) mass is 239 g/mol. The highest BCUT2D eigenvalue weighted by atomic mass is 16.4. The number of amides is 1. The molecule has 1 amide bonds. The van der Waals surface area contributed by atoms with E-state index in [2.05, 4.69) is 0 Å². The zero-order valence-corrected chi connectivity index (χ0v) is 10.6. The molecule has 1 heterocycles. The molecule has 0 bridgehead atoms. The van der Waals surface area contributed by atoms with E-state index in [1.54, 1.807) is 0 Å². The number of carboxylic acid groups (broad SMARTS) is 1. The average molecular weight is 239 g/mol. The van der Waals surface area contributed by atoms with E-state index in [9.17, 15) is 9.59 Å². The molecule has 1 fully saturated rings. The first-order valence-corrected chi connectivity index (χ1v) is 6.22. The minimum Gasteiger partial charge on any atom is -0.481 e. The van der Waals surface area contributed by atoms with Crippen LogP contribution >= 0.6 is 0 Å². The van der Waals surface area contributed by atoms with Gasteiger partial charge in [-0.1, -0.05) is 13.0 Å². The van der Waals surface area contributed by atoms with Crippen LogP contribution in [-0.4, -0.2) is 35.0 Å². The van der Waals surface area contributed by atoms with Crippen LogP contribution in [0, 0.1) is 5.92 Å². The number of nitrogens with zero attached hydrogens (tertiary/aromatic N) is 1. The first-order chi connectivity index (χ1) is 8.04. The van der Waals surface area contributed by atoms with Crippen molar-refractivity contribution in [1.82, 2.24) is 4.90 Å². The molecule has 1 unspecified atom stereocenters. The highest BCUT2D eigenvalue weighted by Gasteiger charge is 2.26. The lowest BCUT2D eigenvalue weighted by atomic mass is 10.0. The second-order valence-electron chi connectivity index (χ2n) is 4.63. The Hall–Kier alpha value is -1.32. The van der Waals surface area contributed by atoms with Gasteiger partial charge in [-0.05, 0) is 32.1 Å². The van der Waals surface area contributed by atoms with Crippen molar-refractivity contribution in [2.24, 2.45) is 5.92 Å². The molecule has 0 radical (unpaired) electrons. The first kappa shape index (κ1) is 13.7. The molecule has 1 aliphatic rings. The van der Waals surface area contributed by atoms with E-state index in [4.69, 9.17) is 5.11 Å². The summed E-state index contributed by atoms with van der Waals surface area (Å²) in [5.74, 6) is -0.300. The maximum Gasteiger partial charge on any atom is 0.303 e. The van der Waals surface area contributed by atoms with Crippen LogP contribution in [0.5, 0.6) is 0 Å². The molecule has 1 saturated heterocycles. The first-order valence-electron chi connectivity index (χ1n) is 6.22. The third-order valence-electron chi connectivity index (χ3n) is 3.19. The normalized spacial score (nSPS) is 20.7. The van der Waals surface area contributed by atoms with Gasteiger partial charge in [-0.25, -0.2) is 0 Å². The number of aliphatic carboxylic acids is 1. The molecule has 0 aliphatic carbocycles. The highest BCUT2D eigenvalue weighted by Crippen LogP contribution is 2.22. The zero-order chi connectivity index (χ0) is 12.8. The largest absolute Gasteiger partial charge is 0.481 e. The summed E-state index contributed by atoms with van der Waals surface area (Å²) in [6, 6.07) is 0. The number of carbonyl (C=O) groups is 2. The lowest BCUT2D eigenvalue weighted by molar-refractivity contribution is -0.137. The summed E-state index contributed by atoms with van der Waals surface area (Å²) in [4.78, 5) is 24.3. The summed E-state index contributed by atoms with van der Waals surface area (Å²) in [5, 5.41) is 8.62. The van der Waals surface area contributed by atoms with Crippen molar-refractivity contribution in [3.63, 3.8) is 0 Å². The van der Waals surface area contributed by atoms with Gasteiger partial charge in [0, 0.05) is 25.1 Å². The molecule has 0 aromatic rings. The number of carbonyl (C=O) groups excluding carboxylic acids is 1. The van der Waals surface area contributed by atoms with Crippen molar-refractivity contribution in [1.29, 1.82) is 0 Å². The molecule has 0 aromatic carbocycles. The van der Waals surface area contributed by atoms with Gasteiger partial charge < -0.3 is 10.0 Å². The molecular formula is C13H21NO3. The van der Waals surface area contributed by atoms with Crippen LogP contribution in [0.3, 0.4) is 0 Å². The Morgan fingerprint density at radius 3 is 2.76 bits per heavy atom. The summed E-state index contributed by atoms with van der Waals surface area (Å²) < 4.78 is 0. The van der Waals surface area contributed by atoms with Gasteiger partial charge in [-0.2, -0.15) is 0 Å². The van der Waals surface area contributed by atoms with E-state index in [1.165, 1.54) is 0 Å². The van der Waals surface area contributed by atoms with E-state index in [0.717, 1.165) is 25.0 Å². The van der Waals surface area contributed by atoms with E-state index in [0.29, 0.717) is 18.9 Å². The van der Waals surface area contributed by atoms with E-state index in [-0.39, 0.29) is 12.3 Å². The molecule has 0 spiro atoms. The smallest absolute Gasteiger partial charge is 0.303 e. The second kappa shape index (κ2) is 6.42. The third kappa shape index (κ3) is 4.21. The summed E-state index contributed by atoms with van der Waals surface area (Å²) in [6.07, 6.45) is 4.62. The van der Waals surface area contributed by atoms with Crippen LogP contribution in [0.2, 0.25) is 0 Å². The Balaban J connectivity index is 2.42. The average Bonchev–Trinajstić information content (AvgIpc) is 2.74. The molecule has 4 heteroatoms. The number of hydrogen-bond donors (Lipinski definition) is 1. The molecule has 1 atom stereocenters. The van der Waals surface area contributed by atoms with E-state index >= 15 is 0 Å². The Bertz CT molecular complexity index is 323. The molecule has 0 aromatic heterocycles. The summed E-state index contributed by atoms with van der Waals surface area (Å²) in [7, 11) is 0. The predicted molar refractivity (Wildman–Crippen MR) is 65.6 cm³/mol. The van der Waals surface area contributed by atoms with Crippen LogP contribution in [0.25, 0.3) is 0 Å². The van der Waals surface area contributed by atoms with Gasteiger partial charge in [0.2, 0.25) is 5.91 Å². The summed E-state index contributed by atoms with van der Waals surface area (Å²) >= 11 is 0. The summed E-state index contributed by atoms with van der Waals surface area (Å²) in [6.45, 7) is 5.33. The topological polar surface area (TPSA) is 57.6 Å². The van der Waals surface area contributed by atoms with Crippen LogP contribution in [0.1, 0.15) is 39.5 Å². The van der Waals surface area contributed by atoms with Crippen molar-refractivity contribution in [3.05, 3.63) is 11.6 Å². The number of allylic oxidation sites excluding steroid dienone is 1. The Labute approximate surface area is 102 Å². The number of rotatable bonds is 5. The van der Waals surface area contributed by atoms with Gasteiger partial charge >= 0.3 is 5.97 Å². The zero-order valence-electron chi connectivity index (χ0n) is 10.6. The van der Waals surface area contributed by atoms with E-state index in [1.807, 2.05) is 24.8 Å². The second-order valence-corrected chi connectivity index (χ2v) is 4.63. The van der Waals surface area contributed by atoms with Crippen LogP contribution in [-0.2, 0) is 9.59 Å². The van der Waals surface area contributed by atoms with Crippen molar-refractivity contribution >= 4 is 11.9 Å². The number of hydrogen-bond acceptors (Lipinski definition) is 2. The number of carboxylic acids is 1. The highest BCUT2D eigenvalue weighted by molar-refractivity contribution is 5.92. The molecule has 4 nitrogen and oxygen atoms in total. The van der Waals surface area contributed by atoms with Crippen molar-refractivity contribution < 1.29 is 14.7 Å². The maximum absolute atomic E-state index is 12.0. The van der Waals surface area contributed by atoms with Crippen LogP contribution in [0.4, 0.5) is 0 Å². The SMILES string of the molecule is CC/C=C(/C)C(=O)N1CCC(CCC(=O)O)C1. The molecule has 96 valence electrons. The fourth-order valence-electron chi connectivity index (χ4n) is 2.22. The molecule has 1 N–H and O–H groups in total. The summed E-state index contributed by atoms with van der Waals surface area (Å²) in [5.41, 5.74) is 0.798.